The third-order valence-corrected chi connectivity index (χ3v) is 4.47. The summed E-state index contributed by atoms with van der Waals surface area (Å²) in [4.78, 5) is 13.9. The number of sulfone groups is 1. The Labute approximate surface area is 109 Å². The van der Waals surface area contributed by atoms with Crippen molar-refractivity contribution in [2.75, 3.05) is 0 Å². The fraction of sp³-hybridized carbons (Fsp3) is 0.0833. The quantitative estimate of drug-likeness (QED) is 0.633. The summed E-state index contributed by atoms with van der Waals surface area (Å²) in [5, 5.41) is 10.7. The smallest absolute Gasteiger partial charge is 0.258 e. The van der Waals surface area contributed by atoms with Crippen molar-refractivity contribution in [3.63, 3.8) is 0 Å². The molecular weight excluding hydrogens is 268 g/mol. The van der Waals surface area contributed by atoms with Gasteiger partial charge in [0.1, 0.15) is 0 Å². The number of nitro groups is 1. The van der Waals surface area contributed by atoms with Gasteiger partial charge < -0.3 is 0 Å². The average molecular weight is 278 g/mol. The molecule has 2 rings (SSSR count). The zero-order valence-electron chi connectivity index (χ0n) is 9.98. The van der Waals surface area contributed by atoms with Crippen molar-refractivity contribution in [2.45, 2.75) is 16.8 Å². The van der Waals surface area contributed by atoms with Gasteiger partial charge in [0.05, 0.1) is 9.82 Å². The molecule has 2 aromatic rings. The van der Waals surface area contributed by atoms with Gasteiger partial charge in [0, 0.05) is 17.8 Å². The molecule has 0 N–H and O–H groups in total. The fourth-order valence-corrected chi connectivity index (χ4v) is 3.16. The lowest BCUT2D eigenvalue weighted by molar-refractivity contribution is -0.385. The Morgan fingerprint density at radius 1 is 1.16 bits per heavy atom. The molecular formula is C12H10N2O4S. The van der Waals surface area contributed by atoms with E-state index in [2.05, 4.69) is 4.98 Å². The molecule has 0 unspecified atom stereocenters. The summed E-state index contributed by atoms with van der Waals surface area (Å²) in [7, 11) is -3.84. The van der Waals surface area contributed by atoms with Crippen LogP contribution in [0, 0.1) is 17.0 Å². The Morgan fingerprint density at radius 3 is 2.47 bits per heavy atom. The number of benzene rings is 1. The maximum absolute atomic E-state index is 12.3. The zero-order chi connectivity index (χ0) is 14.0. The molecule has 6 nitrogen and oxygen atoms in total. The maximum atomic E-state index is 12.3. The summed E-state index contributed by atoms with van der Waals surface area (Å²) < 4.78 is 24.7. The van der Waals surface area contributed by atoms with E-state index in [1.807, 2.05) is 0 Å². The first-order chi connectivity index (χ1) is 8.94. The predicted octanol–water partition coefficient (Wildman–Crippen LogP) is 2.13. The van der Waals surface area contributed by atoms with E-state index in [1.54, 1.807) is 12.1 Å². The van der Waals surface area contributed by atoms with Crippen LogP contribution >= 0.6 is 0 Å². The third kappa shape index (κ3) is 2.32. The van der Waals surface area contributed by atoms with Crippen molar-refractivity contribution in [2.24, 2.45) is 0 Å². The van der Waals surface area contributed by atoms with Crippen LogP contribution in [0.25, 0.3) is 0 Å². The van der Waals surface area contributed by atoms with Crippen LogP contribution < -0.4 is 0 Å². The Bertz CT molecular complexity index is 727. The van der Waals surface area contributed by atoms with Crippen molar-refractivity contribution in [1.82, 2.24) is 4.98 Å². The van der Waals surface area contributed by atoms with Crippen LogP contribution in [0.3, 0.4) is 0 Å². The largest absolute Gasteiger partial charge is 0.273 e. The normalized spacial score (nSPS) is 11.2. The third-order valence-electron chi connectivity index (χ3n) is 2.65. The van der Waals surface area contributed by atoms with Gasteiger partial charge in [0.15, 0.2) is 5.03 Å². The molecule has 0 bridgehead atoms. The van der Waals surface area contributed by atoms with E-state index < -0.39 is 14.8 Å². The molecule has 0 aliphatic rings. The second-order valence-electron chi connectivity index (χ2n) is 3.83. The Balaban J connectivity index is 2.66. The maximum Gasteiger partial charge on any atom is 0.273 e. The lowest BCUT2D eigenvalue weighted by Crippen LogP contribution is -2.07. The number of hydrogen-bond donors (Lipinski definition) is 0. The minimum absolute atomic E-state index is 0.0969. The fourth-order valence-electron chi connectivity index (χ4n) is 1.71. The van der Waals surface area contributed by atoms with E-state index in [4.69, 9.17) is 0 Å². The first-order valence-corrected chi connectivity index (χ1v) is 6.83. The molecule has 1 aromatic carbocycles. The van der Waals surface area contributed by atoms with Gasteiger partial charge >= 0.3 is 0 Å². The minimum Gasteiger partial charge on any atom is -0.258 e. The van der Waals surface area contributed by atoms with Gasteiger partial charge in [0.2, 0.25) is 9.84 Å². The second-order valence-corrected chi connectivity index (χ2v) is 5.69. The monoisotopic (exact) mass is 278 g/mol. The lowest BCUT2D eigenvalue weighted by Gasteiger charge is -2.07. The number of aromatic nitrogens is 1. The number of pyridine rings is 1. The number of nitrogens with zero attached hydrogens (tertiary/aromatic N) is 2. The Morgan fingerprint density at radius 2 is 1.89 bits per heavy atom. The van der Waals surface area contributed by atoms with E-state index in [-0.39, 0.29) is 21.2 Å². The molecule has 7 heteroatoms. The van der Waals surface area contributed by atoms with Gasteiger partial charge in [-0.25, -0.2) is 13.4 Å². The highest BCUT2D eigenvalue weighted by Crippen LogP contribution is 2.28. The van der Waals surface area contributed by atoms with Gasteiger partial charge in [-0.2, -0.15) is 0 Å². The topological polar surface area (TPSA) is 90.2 Å². The molecule has 0 saturated heterocycles. The molecule has 0 aliphatic carbocycles. The minimum atomic E-state index is -3.84. The van der Waals surface area contributed by atoms with Crippen LogP contribution in [0.5, 0.6) is 0 Å². The van der Waals surface area contributed by atoms with Crippen LogP contribution in [0.1, 0.15) is 5.56 Å². The first-order valence-electron chi connectivity index (χ1n) is 5.34. The zero-order valence-corrected chi connectivity index (χ0v) is 10.8. The predicted molar refractivity (Wildman–Crippen MR) is 67.5 cm³/mol. The molecule has 0 atom stereocenters. The van der Waals surface area contributed by atoms with E-state index in [1.165, 1.54) is 37.4 Å². The van der Waals surface area contributed by atoms with Crippen LogP contribution in [0.4, 0.5) is 5.69 Å². The molecule has 0 amide bonds. The molecule has 0 saturated carbocycles. The SMILES string of the molecule is Cc1c([N+](=O)[O-])cccc1S(=O)(=O)c1ccccn1. The molecule has 0 aliphatic heterocycles. The van der Waals surface area contributed by atoms with Crippen LogP contribution in [-0.2, 0) is 9.84 Å². The Hall–Kier alpha value is -2.28. The summed E-state index contributed by atoms with van der Waals surface area (Å²) in [6, 6.07) is 8.46. The van der Waals surface area contributed by atoms with E-state index in [9.17, 15) is 18.5 Å². The summed E-state index contributed by atoms with van der Waals surface area (Å²) in [5.74, 6) is 0. The highest BCUT2D eigenvalue weighted by molar-refractivity contribution is 7.91. The number of rotatable bonds is 3. The van der Waals surface area contributed by atoms with E-state index in [0.717, 1.165) is 0 Å². The second kappa shape index (κ2) is 4.77. The van der Waals surface area contributed by atoms with Crippen molar-refractivity contribution < 1.29 is 13.3 Å². The molecule has 1 aromatic heterocycles. The summed E-state index contributed by atoms with van der Waals surface area (Å²) in [5.41, 5.74) is -0.116. The average Bonchev–Trinajstić information content (AvgIpc) is 2.39. The highest BCUT2D eigenvalue weighted by atomic mass is 32.2. The standard InChI is InChI=1S/C12H10N2O4S/c1-9-10(14(15)16)5-4-6-11(9)19(17,18)12-7-2-3-8-13-12/h2-8H,1H3. The molecule has 98 valence electrons. The molecule has 19 heavy (non-hydrogen) atoms. The number of hydrogen-bond acceptors (Lipinski definition) is 5. The first kappa shape index (κ1) is 13.2. The number of nitro benzene ring substituents is 1. The Kier molecular flexibility index (Phi) is 3.30. The summed E-state index contributed by atoms with van der Waals surface area (Å²) in [6.07, 6.45) is 1.36. The van der Waals surface area contributed by atoms with Crippen molar-refractivity contribution in [3.8, 4) is 0 Å². The van der Waals surface area contributed by atoms with Gasteiger partial charge in [-0.3, -0.25) is 10.1 Å². The van der Waals surface area contributed by atoms with Crippen LogP contribution in [-0.4, -0.2) is 18.3 Å². The molecule has 1 heterocycles. The summed E-state index contributed by atoms with van der Waals surface area (Å²) in [6.45, 7) is 1.41. The van der Waals surface area contributed by atoms with Crippen molar-refractivity contribution >= 4 is 15.5 Å². The van der Waals surface area contributed by atoms with Crippen molar-refractivity contribution in [1.29, 1.82) is 0 Å². The highest BCUT2D eigenvalue weighted by Gasteiger charge is 2.25. The van der Waals surface area contributed by atoms with Gasteiger partial charge in [-0.15, -0.1) is 0 Å². The van der Waals surface area contributed by atoms with E-state index >= 15 is 0 Å². The summed E-state index contributed by atoms with van der Waals surface area (Å²) >= 11 is 0. The van der Waals surface area contributed by atoms with Gasteiger partial charge in [-0.1, -0.05) is 12.1 Å². The molecule has 0 fully saturated rings. The van der Waals surface area contributed by atoms with Crippen LogP contribution in [0.15, 0.2) is 52.5 Å². The van der Waals surface area contributed by atoms with Gasteiger partial charge in [0.25, 0.3) is 5.69 Å². The van der Waals surface area contributed by atoms with E-state index in [0.29, 0.717) is 0 Å². The van der Waals surface area contributed by atoms with Gasteiger partial charge in [-0.05, 0) is 25.1 Å². The van der Waals surface area contributed by atoms with Crippen LogP contribution in [0.2, 0.25) is 0 Å². The molecule has 0 radical (unpaired) electrons. The molecule has 0 spiro atoms. The lowest BCUT2D eigenvalue weighted by atomic mass is 10.2. The van der Waals surface area contributed by atoms with Crippen molar-refractivity contribution in [3.05, 3.63) is 58.3 Å².